The molecule has 2 aliphatic heterocycles. The van der Waals surface area contributed by atoms with Gasteiger partial charge in [-0.3, -0.25) is 4.79 Å². The van der Waals surface area contributed by atoms with Gasteiger partial charge in [-0.15, -0.1) is 0 Å². The molecular formula is C21H26N4O8. The van der Waals surface area contributed by atoms with E-state index >= 15 is 0 Å². The number of carbonyl (C=O) groups excluding carboxylic acids is 1. The van der Waals surface area contributed by atoms with Crippen LogP contribution in [0.3, 0.4) is 0 Å². The number of hydrogen-bond donors (Lipinski definition) is 4. The van der Waals surface area contributed by atoms with Gasteiger partial charge in [-0.2, -0.15) is 4.98 Å². The third-order valence-corrected chi connectivity index (χ3v) is 5.34. The summed E-state index contributed by atoms with van der Waals surface area (Å²) in [5.74, 6) is -1.63. The van der Waals surface area contributed by atoms with Crippen LogP contribution in [0.5, 0.6) is 0 Å². The van der Waals surface area contributed by atoms with E-state index in [4.69, 9.17) is 9.94 Å². The molecule has 0 aliphatic carbocycles. The number of hydrogen-bond acceptors (Lipinski definition) is 10. The number of rotatable bonds is 7. The zero-order valence-corrected chi connectivity index (χ0v) is 18.6. The maximum atomic E-state index is 13.0. The molecule has 0 saturated carbocycles. The van der Waals surface area contributed by atoms with Crippen LogP contribution < -0.4 is 16.1 Å². The summed E-state index contributed by atoms with van der Waals surface area (Å²) in [6, 6.07) is 3.41. The average molecular weight is 462 g/mol. The number of fused-ring (bicyclic) bond motifs is 2. The molecule has 3 rings (SSSR count). The van der Waals surface area contributed by atoms with Gasteiger partial charge < -0.3 is 29.8 Å². The molecule has 2 heterocycles. The Balaban J connectivity index is 2.30. The van der Waals surface area contributed by atoms with E-state index in [1.54, 1.807) is 12.1 Å². The second-order valence-corrected chi connectivity index (χ2v) is 8.19. The van der Waals surface area contributed by atoms with E-state index in [2.05, 4.69) is 9.97 Å². The molecule has 0 amide bonds. The van der Waals surface area contributed by atoms with Gasteiger partial charge in [0.2, 0.25) is 0 Å². The highest BCUT2D eigenvalue weighted by atomic mass is 16.7. The van der Waals surface area contributed by atoms with Gasteiger partial charge in [0, 0.05) is 0 Å². The Morgan fingerprint density at radius 2 is 1.70 bits per heavy atom. The zero-order valence-electron chi connectivity index (χ0n) is 18.6. The number of benzene rings is 1. The van der Waals surface area contributed by atoms with Crippen LogP contribution in [-0.4, -0.2) is 70.6 Å². The third-order valence-electron chi connectivity index (χ3n) is 5.34. The largest absolute Gasteiger partial charge is 0.394 e. The lowest BCUT2D eigenvalue weighted by Crippen LogP contribution is -2.46. The van der Waals surface area contributed by atoms with Crippen molar-refractivity contribution < 1.29 is 30.1 Å². The topological polar surface area (TPSA) is 177 Å². The van der Waals surface area contributed by atoms with E-state index in [-0.39, 0.29) is 16.2 Å². The standard InChI is InChI=1S/C21H26N4O8/c1-9(2)20(31)33-25-19(30)16-18(23-21(25)32)24(7-14(27)17(29)15(28)8-26)13-6-11(4)10(3)5-12(13)22-16/h5-6,9,14-15,17,26-29H,7-8H2,1-4H3. The molecule has 1 aromatic carbocycles. The minimum atomic E-state index is -1.72. The van der Waals surface area contributed by atoms with Crippen molar-refractivity contribution in [3.05, 3.63) is 44.1 Å². The highest BCUT2D eigenvalue weighted by Crippen LogP contribution is 2.24. The fourth-order valence-electron chi connectivity index (χ4n) is 3.20. The summed E-state index contributed by atoms with van der Waals surface area (Å²) in [4.78, 5) is 50.6. The maximum Gasteiger partial charge on any atom is 0.386 e. The smallest absolute Gasteiger partial charge is 0.386 e. The Hall–Kier alpha value is -3.19. The molecule has 33 heavy (non-hydrogen) atoms. The van der Waals surface area contributed by atoms with Crippen LogP contribution in [0.25, 0.3) is 22.6 Å². The van der Waals surface area contributed by atoms with Gasteiger partial charge in [0.1, 0.15) is 18.3 Å². The number of aliphatic hydroxyl groups is 4. The highest BCUT2D eigenvalue weighted by molar-refractivity contribution is 5.81. The molecule has 1 aromatic rings. The minimum Gasteiger partial charge on any atom is -0.394 e. The van der Waals surface area contributed by atoms with Crippen molar-refractivity contribution in [3.63, 3.8) is 0 Å². The van der Waals surface area contributed by atoms with Crippen LogP contribution in [0.15, 0.2) is 21.7 Å². The van der Waals surface area contributed by atoms with Crippen molar-refractivity contribution >= 4 is 17.0 Å². The molecule has 0 radical (unpaired) electrons. The number of aliphatic hydroxyl groups excluding tert-OH is 4. The lowest BCUT2D eigenvalue weighted by Gasteiger charge is -2.25. The summed E-state index contributed by atoms with van der Waals surface area (Å²) in [5.41, 5.74) is -0.0374. The SMILES string of the molecule is Cc1cc2nc3c(=O)n(OC(=O)C(C)C)c(=O)nc-3n(CC(O)C(O)C(O)CO)c2cc1C. The Kier molecular flexibility index (Phi) is 6.93. The first-order chi connectivity index (χ1) is 15.5. The monoisotopic (exact) mass is 462 g/mol. The van der Waals surface area contributed by atoms with Crippen LogP contribution in [-0.2, 0) is 11.3 Å². The number of nitrogens with zero attached hydrogens (tertiary/aromatic N) is 4. The van der Waals surface area contributed by atoms with E-state index in [0.717, 1.165) is 11.1 Å². The van der Waals surface area contributed by atoms with Crippen LogP contribution in [0.4, 0.5) is 0 Å². The molecule has 12 nitrogen and oxygen atoms in total. The van der Waals surface area contributed by atoms with E-state index in [1.807, 2.05) is 13.8 Å². The fraction of sp³-hybridized carbons (Fsp3) is 0.476. The van der Waals surface area contributed by atoms with Crippen molar-refractivity contribution in [1.29, 1.82) is 0 Å². The van der Waals surface area contributed by atoms with Crippen LogP contribution in [0.2, 0.25) is 0 Å². The van der Waals surface area contributed by atoms with E-state index in [0.29, 0.717) is 11.0 Å². The van der Waals surface area contributed by atoms with Crippen LogP contribution in [0, 0.1) is 19.8 Å². The van der Waals surface area contributed by atoms with Gasteiger partial charge >= 0.3 is 17.2 Å². The molecule has 3 atom stereocenters. The van der Waals surface area contributed by atoms with E-state index in [1.165, 1.54) is 18.4 Å². The molecule has 3 unspecified atom stereocenters. The van der Waals surface area contributed by atoms with E-state index in [9.17, 15) is 29.7 Å². The predicted molar refractivity (Wildman–Crippen MR) is 116 cm³/mol. The first-order valence-corrected chi connectivity index (χ1v) is 10.3. The second kappa shape index (κ2) is 9.35. The summed E-state index contributed by atoms with van der Waals surface area (Å²) >= 11 is 0. The Morgan fingerprint density at radius 1 is 1.06 bits per heavy atom. The van der Waals surface area contributed by atoms with Crippen LogP contribution in [0.1, 0.15) is 25.0 Å². The predicted octanol–water partition coefficient (Wildman–Crippen LogP) is -1.64. The minimum absolute atomic E-state index is 0.206. The summed E-state index contributed by atoms with van der Waals surface area (Å²) in [6.07, 6.45) is -4.92. The quantitative estimate of drug-likeness (QED) is 0.298. The van der Waals surface area contributed by atoms with Gasteiger partial charge in [0.25, 0.3) is 0 Å². The first kappa shape index (κ1) is 24.5. The zero-order chi connectivity index (χ0) is 24.6. The van der Waals surface area contributed by atoms with Gasteiger partial charge in [0.05, 0.1) is 30.1 Å². The molecular weight excluding hydrogens is 436 g/mol. The summed E-state index contributed by atoms with van der Waals surface area (Å²) in [7, 11) is 0. The lowest BCUT2D eigenvalue weighted by molar-refractivity contribution is -0.148. The Morgan fingerprint density at radius 3 is 2.30 bits per heavy atom. The average Bonchev–Trinajstić information content (AvgIpc) is 2.77. The number of aryl methyl sites for hydroxylation is 2. The molecule has 12 heteroatoms. The number of carbonyl (C=O) groups is 1. The van der Waals surface area contributed by atoms with Gasteiger partial charge in [0.15, 0.2) is 11.5 Å². The molecule has 0 bridgehead atoms. The molecule has 0 fully saturated rings. The van der Waals surface area contributed by atoms with Gasteiger partial charge in [-0.05, 0) is 37.1 Å². The van der Waals surface area contributed by atoms with Crippen LogP contribution >= 0.6 is 0 Å². The van der Waals surface area contributed by atoms with Crippen molar-refractivity contribution in [2.75, 3.05) is 6.61 Å². The van der Waals surface area contributed by atoms with Crippen molar-refractivity contribution in [1.82, 2.24) is 19.3 Å². The van der Waals surface area contributed by atoms with Crippen molar-refractivity contribution in [3.8, 4) is 11.5 Å². The maximum absolute atomic E-state index is 13.0. The summed E-state index contributed by atoms with van der Waals surface area (Å²) in [5, 5.41) is 39.3. The van der Waals surface area contributed by atoms with Crippen molar-refractivity contribution in [2.45, 2.75) is 52.6 Å². The highest BCUT2D eigenvalue weighted by Gasteiger charge is 2.29. The molecule has 0 spiro atoms. The summed E-state index contributed by atoms with van der Waals surface area (Å²) in [6.45, 7) is 5.56. The van der Waals surface area contributed by atoms with Crippen molar-refractivity contribution in [2.24, 2.45) is 5.92 Å². The third kappa shape index (κ3) is 4.64. The van der Waals surface area contributed by atoms with Gasteiger partial charge in [-0.25, -0.2) is 14.6 Å². The number of aromatic nitrogens is 4. The van der Waals surface area contributed by atoms with E-state index < -0.39 is 54.6 Å². The molecule has 0 aromatic heterocycles. The Labute approximate surface area is 187 Å². The van der Waals surface area contributed by atoms with Gasteiger partial charge in [-0.1, -0.05) is 18.6 Å². The molecule has 178 valence electrons. The molecule has 4 N–H and O–H groups in total. The molecule has 2 aliphatic rings. The normalized spacial score (nSPS) is 14.6. The second-order valence-electron chi connectivity index (χ2n) is 8.19. The lowest BCUT2D eigenvalue weighted by atomic mass is 10.1. The first-order valence-electron chi connectivity index (χ1n) is 10.3. The summed E-state index contributed by atoms with van der Waals surface area (Å²) < 4.78 is 1.55. The fourth-order valence-corrected chi connectivity index (χ4v) is 3.20. The molecule has 0 saturated heterocycles. The Bertz CT molecular complexity index is 1280.